The fraction of sp³-hybridized carbons (Fsp3) is 0.407. The molecule has 5 nitrogen and oxygen atoms in total. The Morgan fingerprint density at radius 2 is 1.88 bits per heavy atom. The Morgan fingerprint density at radius 3 is 2.56 bits per heavy atom. The van der Waals surface area contributed by atoms with Crippen molar-refractivity contribution in [1.29, 1.82) is 0 Å². The molecule has 5 heteroatoms. The molecule has 6 rings (SSSR count). The summed E-state index contributed by atoms with van der Waals surface area (Å²) in [6.07, 6.45) is 5.07. The van der Waals surface area contributed by atoms with Crippen molar-refractivity contribution in [3.8, 4) is 11.1 Å². The number of hydrogen-bond acceptors (Lipinski definition) is 2. The molecule has 2 unspecified atom stereocenters. The van der Waals surface area contributed by atoms with Gasteiger partial charge in [0, 0.05) is 35.6 Å². The van der Waals surface area contributed by atoms with Crippen molar-refractivity contribution in [2.45, 2.75) is 64.0 Å². The van der Waals surface area contributed by atoms with Gasteiger partial charge in [-0.05, 0) is 60.4 Å². The molecule has 3 aromatic rings. The molecule has 32 heavy (non-hydrogen) atoms. The van der Waals surface area contributed by atoms with Gasteiger partial charge in [-0.2, -0.15) is 0 Å². The molecule has 1 amide bonds. The van der Waals surface area contributed by atoms with Crippen LogP contribution in [-0.2, 0) is 9.59 Å². The van der Waals surface area contributed by atoms with E-state index < -0.39 is 11.4 Å². The maximum absolute atomic E-state index is 13.4. The van der Waals surface area contributed by atoms with Gasteiger partial charge in [-0.1, -0.05) is 50.2 Å². The van der Waals surface area contributed by atoms with E-state index in [0.717, 1.165) is 22.9 Å². The average Bonchev–Trinajstić information content (AvgIpc) is 3.21. The van der Waals surface area contributed by atoms with E-state index in [9.17, 15) is 14.7 Å². The highest BCUT2D eigenvalue weighted by Gasteiger charge is 2.59. The monoisotopic (exact) mass is 430 g/mol. The summed E-state index contributed by atoms with van der Waals surface area (Å²) < 4.78 is 0. The number of H-pyrrole nitrogens is 1. The van der Waals surface area contributed by atoms with Crippen LogP contribution in [0.4, 0.5) is 0 Å². The summed E-state index contributed by atoms with van der Waals surface area (Å²) in [6.45, 7) is 4.17. The molecule has 1 saturated carbocycles. The minimum atomic E-state index is -0.694. The Morgan fingerprint density at radius 1 is 1.12 bits per heavy atom. The number of aromatic nitrogens is 1. The minimum Gasteiger partial charge on any atom is -0.481 e. The van der Waals surface area contributed by atoms with Crippen LogP contribution in [0.3, 0.4) is 0 Å². The van der Waals surface area contributed by atoms with Gasteiger partial charge >= 0.3 is 5.97 Å². The van der Waals surface area contributed by atoms with Crippen LogP contribution in [0.1, 0.15) is 57.4 Å². The number of aliphatic carboxylic acids is 1. The molecule has 2 aliphatic heterocycles. The fourth-order valence-electron chi connectivity index (χ4n) is 5.90. The lowest BCUT2D eigenvalue weighted by atomic mass is 9.57. The van der Waals surface area contributed by atoms with Gasteiger partial charge in [0.15, 0.2) is 0 Å². The molecule has 2 atom stereocenters. The first-order valence-electron chi connectivity index (χ1n) is 11.6. The molecule has 3 heterocycles. The third-order valence-electron chi connectivity index (χ3n) is 7.71. The van der Waals surface area contributed by atoms with E-state index in [1.807, 2.05) is 29.3 Å². The van der Waals surface area contributed by atoms with Crippen LogP contribution in [-0.4, -0.2) is 39.0 Å². The maximum atomic E-state index is 13.4. The van der Waals surface area contributed by atoms with E-state index in [-0.39, 0.29) is 23.9 Å². The SMILES string of the molecule is CCC1CC2(C(=O)O)CC(C2)N1C(=O)CC(C)c1c[nH]c2ccc(-c3ccccc3)cc12. The molecule has 2 aromatic carbocycles. The molecule has 3 fully saturated rings. The Bertz CT molecular complexity index is 1160. The van der Waals surface area contributed by atoms with E-state index in [1.54, 1.807) is 0 Å². The van der Waals surface area contributed by atoms with Crippen LogP contribution in [0.15, 0.2) is 54.7 Å². The number of benzene rings is 2. The largest absolute Gasteiger partial charge is 0.481 e. The molecule has 2 N–H and O–H groups in total. The summed E-state index contributed by atoms with van der Waals surface area (Å²) in [5.74, 6) is -0.465. The second kappa shape index (κ2) is 7.80. The Kier molecular flexibility index (Phi) is 5.07. The zero-order valence-corrected chi connectivity index (χ0v) is 18.7. The predicted molar refractivity (Wildman–Crippen MR) is 125 cm³/mol. The zero-order chi connectivity index (χ0) is 22.5. The van der Waals surface area contributed by atoms with Gasteiger partial charge in [0.05, 0.1) is 5.41 Å². The maximum Gasteiger partial charge on any atom is 0.309 e. The van der Waals surface area contributed by atoms with Crippen LogP contribution in [0.25, 0.3) is 22.0 Å². The summed E-state index contributed by atoms with van der Waals surface area (Å²) in [7, 11) is 0. The highest BCUT2D eigenvalue weighted by atomic mass is 16.4. The number of nitrogens with zero attached hydrogens (tertiary/aromatic N) is 1. The van der Waals surface area contributed by atoms with E-state index in [4.69, 9.17) is 0 Å². The number of carbonyl (C=O) groups is 2. The molecule has 1 aliphatic carbocycles. The standard InChI is InChI=1S/C27H30N2O3/c1-3-20-13-27(26(31)32)14-21(15-27)29(20)25(30)11-17(2)23-16-28-24-10-9-19(12-22(23)24)18-7-5-4-6-8-18/h4-10,12,16-17,20-21,28H,3,11,13-15H2,1-2H3,(H,31,32). The second-order valence-corrected chi connectivity index (χ2v) is 9.69. The number of fused-ring (bicyclic) bond motifs is 3. The Hall–Kier alpha value is -3.08. The lowest BCUT2D eigenvalue weighted by Gasteiger charge is -2.58. The van der Waals surface area contributed by atoms with E-state index in [0.29, 0.717) is 25.7 Å². The van der Waals surface area contributed by atoms with Crippen LogP contribution >= 0.6 is 0 Å². The molecular weight excluding hydrogens is 400 g/mol. The van der Waals surface area contributed by atoms with Crippen molar-refractivity contribution in [2.24, 2.45) is 5.41 Å². The van der Waals surface area contributed by atoms with Crippen LogP contribution in [0.5, 0.6) is 0 Å². The number of carboxylic acid groups (broad SMARTS) is 1. The van der Waals surface area contributed by atoms with Crippen molar-refractivity contribution in [2.75, 3.05) is 0 Å². The fourth-order valence-corrected chi connectivity index (χ4v) is 5.90. The van der Waals surface area contributed by atoms with E-state index in [1.165, 1.54) is 11.1 Å². The molecule has 0 spiro atoms. The average molecular weight is 431 g/mol. The van der Waals surface area contributed by atoms with Crippen molar-refractivity contribution < 1.29 is 14.7 Å². The van der Waals surface area contributed by atoms with Crippen molar-refractivity contribution in [1.82, 2.24) is 9.88 Å². The lowest BCUT2D eigenvalue weighted by molar-refractivity contribution is -0.181. The van der Waals surface area contributed by atoms with Crippen molar-refractivity contribution >= 4 is 22.8 Å². The summed E-state index contributed by atoms with van der Waals surface area (Å²) in [6, 6.07) is 16.9. The summed E-state index contributed by atoms with van der Waals surface area (Å²) in [4.78, 5) is 30.5. The number of amides is 1. The first-order chi connectivity index (χ1) is 15.4. The number of nitrogens with one attached hydrogen (secondary N) is 1. The topological polar surface area (TPSA) is 73.4 Å². The van der Waals surface area contributed by atoms with Gasteiger partial charge in [0.25, 0.3) is 0 Å². The molecular formula is C27H30N2O3. The number of carbonyl (C=O) groups excluding carboxylic acids is 1. The van der Waals surface area contributed by atoms with Gasteiger partial charge in [0.1, 0.15) is 0 Å². The molecule has 1 aromatic heterocycles. The normalized spacial score (nSPS) is 25.4. The molecule has 166 valence electrons. The minimum absolute atomic E-state index is 0.0333. The summed E-state index contributed by atoms with van der Waals surface area (Å²) in [5.41, 5.74) is 3.98. The lowest BCUT2D eigenvalue weighted by Crippen LogP contribution is -2.66. The van der Waals surface area contributed by atoms with Gasteiger partial charge < -0.3 is 15.0 Å². The number of hydrogen-bond donors (Lipinski definition) is 2. The summed E-state index contributed by atoms with van der Waals surface area (Å²) in [5, 5.41) is 10.8. The first-order valence-corrected chi connectivity index (χ1v) is 11.6. The molecule has 2 saturated heterocycles. The third-order valence-corrected chi connectivity index (χ3v) is 7.71. The number of aromatic amines is 1. The molecule has 3 aliphatic rings. The number of carboxylic acids is 1. The summed E-state index contributed by atoms with van der Waals surface area (Å²) >= 11 is 0. The Labute approximate surface area is 188 Å². The first kappa shape index (κ1) is 20.8. The van der Waals surface area contributed by atoms with Crippen LogP contribution < -0.4 is 0 Å². The predicted octanol–water partition coefficient (Wildman–Crippen LogP) is 5.57. The smallest absolute Gasteiger partial charge is 0.309 e. The van der Waals surface area contributed by atoms with Crippen molar-refractivity contribution in [3.63, 3.8) is 0 Å². The number of piperidine rings is 2. The van der Waals surface area contributed by atoms with Gasteiger partial charge in [-0.15, -0.1) is 0 Å². The van der Waals surface area contributed by atoms with Crippen molar-refractivity contribution in [3.05, 3.63) is 60.3 Å². The molecule has 0 radical (unpaired) electrons. The van der Waals surface area contributed by atoms with Crippen LogP contribution in [0.2, 0.25) is 0 Å². The molecule has 2 bridgehead atoms. The van der Waals surface area contributed by atoms with E-state index in [2.05, 4.69) is 49.2 Å². The van der Waals surface area contributed by atoms with Gasteiger partial charge in [-0.3, -0.25) is 9.59 Å². The van der Waals surface area contributed by atoms with E-state index >= 15 is 0 Å². The van der Waals surface area contributed by atoms with Gasteiger partial charge in [-0.25, -0.2) is 0 Å². The highest BCUT2D eigenvalue weighted by Crippen LogP contribution is 2.54. The Balaban J connectivity index is 1.36. The highest BCUT2D eigenvalue weighted by molar-refractivity contribution is 5.89. The van der Waals surface area contributed by atoms with Gasteiger partial charge in [0.2, 0.25) is 5.91 Å². The number of rotatable bonds is 6. The second-order valence-electron chi connectivity index (χ2n) is 9.69. The quantitative estimate of drug-likeness (QED) is 0.537. The zero-order valence-electron chi connectivity index (χ0n) is 18.7. The van der Waals surface area contributed by atoms with Crippen LogP contribution in [0, 0.1) is 5.41 Å². The third kappa shape index (κ3) is 3.31.